The van der Waals surface area contributed by atoms with Gasteiger partial charge in [0.2, 0.25) is 0 Å². The fourth-order valence-electron chi connectivity index (χ4n) is 2.27. The van der Waals surface area contributed by atoms with Crippen LogP contribution in [0.5, 0.6) is 5.75 Å². The zero-order chi connectivity index (χ0) is 14.7. The number of benzene rings is 1. The van der Waals surface area contributed by atoms with Gasteiger partial charge in [0.25, 0.3) is 0 Å². The lowest BCUT2D eigenvalue weighted by Gasteiger charge is -2.19. The third kappa shape index (κ3) is 2.83. The molecule has 0 aliphatic carbocycles. The highest BCUT2D eigenvalue weighted by molar-refractivity contribution is 7.11. The Labute approximate surface area is 122 Å². The van der Waals surface area contributed by atoms with Gasteiger partial charge in [-0.25, -0.2) is 9.37 Å². The number of rotatable bonds is 5. The van der Waals surface area contributed by atoms with E-state index in [4.69, 9.17) is 4.74 Å². The highest BCUT2D eigenvalue weighted by Crippen LogP contribution is 2.33. The average Bonchev–Trinajstić information content (AvgIpc) is 2.75. The van der Waals surface area contributed by atoms with E-state index in [0.717, 1.165) is 22.1 Å². The average molecular weight is 294 g/mol. The first-order valence-electron chi connectivity index (χ1n) is 6.58. The van der Waals surface area contributed by atoms with Crippen molar-refractivity contribution >= 4 is 11.3 Å². The molecule has 1 atom stereocenters. The van der Waals surface area contributed by atoms with Crippen LogP contribution in [0.4, 0.5) is 4.39 Å². The first-order chi connectivity index (χ1) is 9.58. The topological polar surface area (TPSA) is 34.1 Å². The summed E-state index contributed by atoms with van der Waals surface area (Å²) in [6, 6.07) is 5.04. The summed E-state index contributed by atoms with van der Waals surface area (Å²) in [5, 5.41) is 4.33. The summed E-state index contributed by atoms with van der Waals surface area (Å²) in [5.74, 6) is -0.0457. The van der Waals surface area contributed by atoms with Crippen LogP contribution in [0.3, 0.4) is 0 Å². The number of aryl methyl sites for hydroxylation is 2. The van der Waals surface area contributed by atoms with Gasteiger partial charge < -0.3 is 10.1 Å². The number of nitrogens with one attached hydrogen (secondary N) is 1. The summed E-state index contributed by atoms with van der Waals surface area (Å²) >= 11 is 1.60. The maximum Gasteiger partial charge on any atom is 0.170 e. The van der Waals surface area contributed by atoms with Crippen molar-refractivity contribution in [1.82, 2.24) is 10.3 Å². The molecule has 1 unspecified atom stereocenters. The van der Waals surface area contributed by atoms with Crippen molar-refractivity contribution in [3.8, 4) is 5.75 Å². The number of aromatic nitrogens is 1. The first-order valence-corrected chi connectivity index (χ1v) is 7.39. The van der Waals surface area contributed by atoms with Gasteiger partial charge in [-0.05, 0) is 26.5 Å². The Kier molecular flexibility index (Phi) is 4.73. The van der Waals surface area contributed by atoms with Crippen molar-refractivity contribution in [2.45, 2.75) is 26.8 Å². The molecule has 1 aromatic carbocycles. The fourth-order valence-corrected chi connectivity index (χ4v) is 3.29. The fraction of sp³-hybridized carbons (Fsp3) is 0.400. The van der Waals surface area contributed by atoms with Gasteiger partial charge in [-0.15, -0.1) is 11.3 Å². The van der Waals surface area contributed by atoms with E-state index in [1.807, 2.05) is 26.8 Å². The minimum absolute atomic E-state index is 0.193. The molecule has 0 radical (unpaired) electrons. The number of halogens is 1. The lowest BCUT2D eigenvalue weighted by atomic mass is 10.0. The van der Waals surface area contributed by atoms with Crippen LogP contribution in [0.1, 0.15) is 34.1 Å². The van der Waals surface area contributed by atoms with Gasteiger partial charge in [0.1, 0.15) is 0 Å². The number of hydrogen-bond acceptors (Lipinski definition) is 4. The minimum Gasteiger partial charge on any atom is -0.494 e. The molecular weight excluding hydrogens is 275 g/mol. The predicted octanol–water partition coefficient (Wildman–Crippen LogP) is 3.61. The van der Waals surface area contributed by atoms with Gasteiger partial charge in [-0.3, -0.25) is 0 Å². The van der Waals surface area contributed by atoms with Crippen LogP contribution in [-0.4, -0.2) is 18.6 Å². The molecule has 2 rings (SSSR count). The van der Waals surface area contributed by atoms with E-state index >= 15 is 0 Å². The molecule has 0 amide bonds. The maximum atomic E-state index is 14.5. The standard InChI is InChI=1S/C15H19FN2OS/c1-5-17-14(15-9(2)18-10(3)20-15)11-7-6-8-12(19-4)13(11)16/h6-8,14,17H,5H2,1-4H3. The molecule has 108 valence electrons. The Morgan fingerprint density at radius 2 is 2.15 bits per heavy atom. The third-order valence-electron chi connectivity index (χ3n) is 3.13. The van der Waals surface area contributed by atoms with Crippen molar-refractivity contribution in [1.29, 1.82) is 0 Å². The molecule has 0 spiro atoms. The third-order valence-corrected chi connectivity index (χ3v) is 4.27. The summed E-state index contributed by atoms with van der Waals surface area (Å²) in [5.41, 5.74) is 1.54. The minimum atomic E-state index is -0.314. The van der Waals surface area contributed by atoms with Crippen LogP contribution in [0.25, 0.3) is 0 Å². The second kappa shape index (κ2) is 6.33. The molecule has 1 aromatic heterocycles. The predicted molar refractivity (Wildman–Crippen MR) is 80.1 cm³/mol. The largest absolute Gasteiger partial charge is 0.494 e. The van der Waals surface area contributed by atoms with Gasteiger partial charge in [-0.1, -0.05) is 19.1 Å². The van der Waals surface area contributed by atoms with Gasteiger partial charge in [-0.2, -0.15) is 0 Å². The summed E-state index contributed by atoms with van der Waals surface area (Å²) in [6.07, 6.45) is 0. The van der Waals surface area contributed by atoms with Gasteiger partial charge in [0, 0.05) is 10.4 Å². The Balaban J connectivity index is 2.51. The van der Waals surface area contributed by atoms with Crippen LogP contribution >= 0.6 is 11.3 Å². The Morgan fingerprint density at radius 1 is 1.40 bits per heavy atom. The molecule has 20 heavy (non-hydrogen) atoms. The first kappa shape index (κ1) is 14.9. The summed E-state index contributed by atoms with van der Waals surface area (Å²) in [4.78, 5) is 5.49. The second-order valence-electron chi connectivity index (χ2n) is 4.54. The molecule has 0 bridgehead atoms. The quantitative estimate of drug-likeness (QED) is 0.915. The molecule has 0 saturated heterocycles. The van der Waals surface area contributed by atoms with Crippen LogP contribution in [-0.2, 0) is 0 Å². The SMILES string of the molecule is CCNC(c1cccc(OC)c1F)c1sc(C)nc1C. The zero-order valence-electron chi connectivity index (χ0n) is 12.2. The summed E-state index contributed by atoms with van der Waals surface area (Å²) in [6.45, 7) is 6.68. The lowest BCUT2D eigenvalue weighted by Crippen LogP contribution is -2.23. The Hall–Kier alpha value is -1.46. The van der Waals surface area contributed by atoms with Crippen LogP contribution in [0.2, 0.25) is 0 Å². The number of nitrogens with zero attached hydrogens (tertiary/aromatic N) is 1. The van der Waals surface area contributed by atoms with E-state index in [1.54, 1.807) is 23.5 Å². The van der Waals surface area contributed by atoms with Crippen molar-refractivity contribution in [2.75, 3.05) is 13.7 Å². The van der Waals surface area contributed by atoms with Crippen molar-refractivity contribution in [3.63, 3.8) is 0 Å². The normalized spacial score (nSPS) is 12.4. The zero-order valence-corrected chi connectivity index (χ0v) is 13.0. The van der Waals surface area contributed by atoms with E-state index in [9.17, 15) is 4.39 Å². The molecule has 3 nitrogen and oxygen atoms in total. The monoisotopic (exact) mass is 294 g/mol. The van der Waals surface area contributed by atoms with E-state index in [1.165, 1.54) is 7.11 Å². The van der Waals surface area contributed by atoms with E-state index in [0.29, 0.717) is 5.56 Å². The van der Waals surface area contributed by atoms with Gasteiger partial charge in [0.15, 0.2) is 11.6 Å². The van der Waals surface area contributed by atoms with Gasteiger partial charge in [0.05, 0.1) is 23.9 Å². The maximum absolute atomic E-state index is 14.5. The molecular formula is C15H19FN2OS. The van der Waals surface area contributed by atoms with E-state index in [-0.39, 0.29) is 17.6 Å². The molecule has 0 fully saturated rings. The molecule has 1 N–H and O–H groups in total. The Bertz CT molecular complexity index is 598. The molecule has 5 heteroatoms. The van der Waals surface area contributed by atoms with Crippen molar-refractivity contribution in [2.24, 2.45) is 0 Å². The molecule has 1 heterocycles. The lowest BCUT2D eigenvalue weighted by molar-refractivity contribution is 0.382. The molecule has 2 aromatic rings. The van der Waals surface area contributed by atoms with Crippen LogP contribution in [0, 0.1) is 19.7 Å². The molecule has 0 aliphatic rings. The summed E-state index contributed by atoms with van der Waals surface area (Å²) < 4.78 is 19.6. The van der Waals surface area contributed by atoms with E-state index in [2.05, 4.69) is 10.3 Å². The van der Waals surface area contributed by atoms with Gasteiger partial charge >= 0.3 is 0 Å². The van der Waals surface area contributed by atoms with E-state index < -0.39 is 0 Å². The Morgan fingerprint density at radius 3 is 2.70 bits per heavy atom. The van der Waals surface area contributed by atoms with Crippen LogP contribution < -0.4 is 10.1 Å². The highest BCUT2D eigenvalue weighted by atomic mass is 32.1. The number of methoxy groups -OCH3 is 1. The van der Waals surface area contributed by atoms with Crippen molar-refractivity contribution < 1.29 is 9.13 Å². The van der Waals surface area contributed by atoms with Crippen molar-refractivity contribution in [3.05, 3.63) is 45.2 Å². The number of thiazole rings is 1. The number of ether oxygens (including phenoxy) is 1. The highest BCUT2D eigenvalue weighted by Gasteiger charge is 2.23. The molecule has 0 aliphatic heterocycles. The van der Waals surface area contributed by atoms with Crippen LogP contribution in [0.15, 0.2) is 18.2 Å². The number of hydrogen-bond donors (Lipinski definition) is 1. The molecule has 0 saturated carbocycles. The summed E-state index contributed by atoms with van der Waals surface area (Å²) in [7, 11) is 1.48. The smallest absolute Gasteiger partial charge is 0.170 e. The second-order valence-corrected chi connectivity index (χ2v) is 5.77.